The number of carbonyl (C=O) groups is 2. The fourth-order valence-electron chi connectivity index (χ4n) is 4.79. The van der Waals surface area contributed by atoms with Gasteiger partial charge in [-0.1, -0.05) is 0 Å². The quantitative estimate of drug-likeness (QED) is 0.594. The topological polar surface area (TPSA) is 91.8 Å². The molecule has 1 saturated heterocycles. The van der Waals surface area contributed by atoms with Crippen LogP contribution in [0.15, 0.2) is 36.7 Å². The minimum atomic E-state index is -0.0501. The molecular formula is C25H28N6O3. The molecule has 0 aliphatic carbocycles. The zero-order valence-electron chi connectivity index (χ0n) is 19.7. The van der Waals surface area contributed by atoms with E-state index in [0.29, 0.717) is 32.5 Å². The van der Waals surface area contributed by atoms with E-state index in [2.05, 4.69) is 9.97 Å². The summed E-state index contributed by atoms with van der Waals surface area (Å²) in [5.74, 6) is -0.0175. The van der Waals surface area contributed by atoms with Crippen molar-refractivity contribution in [3.63, 3.8) is 0 Å². The second-order valence-electron chi connectivity index (χ2n) is 8.94. The number of likely N-dealkylation sites (tertiary alicyclic amines) is 1. The number of aryl methyl sites for hydroxylation is 1. The lowest BCUT2D eigenvalue weighted by atomic mass is 9.99. The molecule has 176 valence electrons. The molecule has 0 aromatic carbocycles. The van der Waals surface area contributed by atoms with Crippen LogP contribution in [0.25, 0.3) is 22.3 Å². The Labute approximate surface area is 198 Å². The summed E-state index contributed by atoms with van der Waals surface area (Å²) in [5.41, 5.74) is 5.92. The number of piperidine rings is 1. The van der Waals surface area contributed by atoms with Gasteiger partial charge in [-0.25, -0.2) is 9.78 Å². The first-order chi connectivity index (χ1) is 16.5. The Kier molecular flexibility index (Phi) is 5.87. The van der Waals surface area contributed by atoms with Gasteiger partial charge >= 0.3 is 6.03 Å². The lowest BCUT2D eigenvalue weighted by Crippen LogP contribution is -2.54. The second kappa shape index (κ2) is 8.98. The predicted molar refractivity (Wildman–Crippen MR) is 128 cm³/mol. The highest BCUT2D eigenvalue weighted by Crippen LogP contribution is 2.37. The van der Waals surface area contributed by atoms with Crippen molar-refractivity contribution < 1.29 is 14.3 Å². The van der Waals surface area contributed by atoms with Crippen LogP contribution in [0.2, 0.25) is 0 Å². The molecule has 9 nitrogen and oxygen atoms in total. The highest BCUT2D eigenvalue weighted by Gasteiger charge is 2.37. The van der Waals surface area contributed by atoms with E-state index in [-0.39, 0.29) is 24.6 Å². The molecule has 1 fully saturated rings. The minimum Gasteiger partial charge on any atom is -0.375 e. The van der Waals surface area contributed by atoms with Gasteiger partial charge in [-0.3, -0.25) is 19.7 Å². The largest absolute Gasteiger partial charge is 0.375 e. The molecule has 34 heavy (non-hydrogen) atoms. The van der Waals surface area contributed by atoms with Gasteiger partial charge < -0.3 is 14.5 Å². The normalized spacial score (nSPS) is 16.8. The smallest absolute Gasteiger partial charge is 0.324 e. The number of urea groups is 1. The second-order valence-corrected chi connectivity index (χ2v) is 8.94. The Hall–Kier alpha value is -3.59. The average Bonchev–Trinajstić information content (AvgIpc) is 2.85. The summed E-state index contributed by atoms with van der Waals surface area (Å²) in [6.07, 6.45) is 5.05. The Bertz CT molecular complexity index is 1240. The molecule has 5 heterocycles. The zero-order chi connectivity index (χ0) is 23.8. The number of ether oxygens (including phenoxy) is 1. The van der Waals surface area contributed by atoms with E-state index >= 15 is 0 Å². The van der Waals surface area contributed by atoms with Gasteiger partial charge in [-0.2, -0.15) is 0 Å². The Morgan fingerprint density at radius 3 is 2.62 bits per heavy atom. The number of aromatic nitrogens is 3. The van der Waals surface area contributed by atoms with Crippen molar-refractivity contribution in [3.05, 3.63) is 47.9 Å². The highest BCUT2D eigenvalue weighted by molar-refractivity contribution is 6.04. The van der Waals surface area contributed by atoms with E-state index in [0.717, 1.165) is 39.2 Å². The molecule has 0 atom stereocenters. The molecule has 2 aliphatic rings. The molecule has 0 unspecified atom stereocenters. The summed E-state index contributed by atoms with van der Waals surface area (Å²) >= 11 is 0. The molecule has 3 amide bonds. The van der Waals surface area contributed by atoms with Crippen molar-refractivity contribution in [2.75, 3.05) is 38.8 Å². The maximum atomic E-state index is 13.4. The Balaban J connectivity index is 1.54. The van der Waals surface area contributed by atoms with E-state index in [1.807, 2.05) is 60.4 Å². The number of fused-ring (bicyclic) bond motifs is 3. The van der Waals surface area contributed by atoms with Crippen LogP contribution in [0.5, 0.6) is 0 Å². The summed E-state index contributed by atoms with van der Waals surface area (Å²) < 4.78 is 5.00. The minimum absolute atomic E-state index is 0.0175. The fourth-order valence-corrected chi connectivity index (χ4v) is 4.79. The lowest BCUT2D eigenvalue weighted by molar-refractivity contribution is -0.136. The van der Waals surface area contributed by atoms with E-state index in [4.69, 9.17) is 9.72 Å². The molecule has 0 spiro atoms. The van der Waals surface area contributed by atoms with Crippen LogP contribution in [-0.4, -0.2) is 76.6 Å². The van der Waals surface area contributed by atoms with Crippen molar-refractivity contribution in [3.8, 4) is 11.3 Å². The Morgan fingerprint density at radius 1 is 1.12 bits per heavy atom. The number of hydrogen-bond donors (Lipinski definition) is 0. The first-order valence-electron chi connectivity index (χ1n) is 11.5. The highest BCUT2D eigenvalue weighted by atomic mass is 16.5. The van der Waals surface area contributed by atoms with Crippen molar-refractivity contribution in [2.45, 2.75) is 32.4 Å². The maximum Gasteiger partial charge on any atom is 0.324 e. The predicted octanol–water partition coefficient (Wildman–Crippen LogP) is 3.01. The molecule has 3 aromatic heterocycles. The third-order valence-electron chi connectivity index (χ3n) is 6.60. The molecule has 0 saturated carbocycles. The van der Waals surface area contributed by atoms with Gasteiger partial charge in [0.1, 0.15) is 12.1 Å². The number of hydrogen-bond acceptors (Lipinski definition) is 6. The van der Waals surface area contributed by atoms with E-state index in [1.165, 1.54) is 7.11 Å². The monoisotopic (exact) mass is 460 g/mol. The van der Waals surface area contributed by atoms with Crippen molar-refractivity contribution in [1.82, 2.24) is 24.8 Å². The summed E-state index contributed by atoms with van der Waals surface area (Å²) in [6, 6.07) is 7.77. The van der Waals surface area contributed by atoms with Crippen molar-refractivity contribution >= 4 is 28.7 Å². The van der Waals surface area contributed by atoms with Crippen LogP contribution in [0, 0.1) is 6.92 Å². The number of methoxy groups -OCH3 is 1. The third kappa shape index (κ3) is 3.96. The number of anilines is 1. The van der Waals surface area contributed by atoms with Crippen LogP contribution < -0.4 is 4.90 Å². The van der Waals surface area contributed by atoms with Gasteiger partial charge in [-0.05, 0) is 44.0 Å². The lowest BCUT2D eigenvalue weighted by Gasteiger charge is -2.43. The number of pyridine rings is 3. The maximum absolute atomic E-state index is 13.4. The first-order valence-corrected chi connectivity index (χ1v) is 11.5. The summed E-state index contributed by atoms with van der Waals surface area (Å²) in [4.78, 5) is 45.1. The van der Waals surface area contributed by atoms with E-state index < -0.39 is 0 Å². The SMILES string of the molecule is COCC(=O)N1CCC(N2C(=O)N(C)Cc3cnc4ccc(-c5ccc(C)nc5)nc4c32)CC1. The standard InChI is InChI=1S/C25H28N6O3/c1-16-4-5-17(12-26-16)20-6-7-21-23(28-20)24-18(13-27-21)14-29(2)25(33)31(24)19-8-10-30(11-9-19)22(32)15-34-3/h4-7,12-13,19H,8-11,14-15H2,1-3H3. The van der Waals surface area contributed by atoms with Gasteiger partial charge in [0.2, 0.25) is 5.91 Å². The molecule has 0 bridgehead atoms. The number of rotatable bonds is 4. The van der Waals surface area contributed by atoms with Crippen molar-refractivity contribution in [1.29, 1.82) is 0 Å². The number of amides is 3. The average molecular weight is 461 g/mol. The fraction of sp³-hybridized carbons (Fsp3) is 0.400. The van der Waals surface area contributed by atoms with Crippen LogP contribution >= 0.6 is 0 Å². The number of nitrogens with zero attached hydrogens (tertiary/aromatic N) is 6. The molecular weight excluding hydrogens is 432 g/mol. The van der Waals surface area contributed by atoms with Gasteiger partial charge in [-0.15, -0.1) is 0 Å². The van der Waals surface area contributed by atoms with Crippen LogP contribution in [0.3, 0.4) is 0 Å². The van der Waals surface area contributed by atoms with Crippen molar-refractivity contribution in [2.24, 2.45) is 0 Å². The molecule has 0 radical (unpaired) electrons. The molecule has 5 rings (SSSR count). The first kappa shape index (κ1) is 22.2. The summed E-state index contributed by atoms with van der Waals surface area (Å²) in [5, 5.41) is 0. The van der Waals surface area contributed by atoms with Gasteiger partial charge in [0.05, 0.1) is 23.4 Å². The van der Waals surface area contributed by atoms with Gasteiger partial charge in [0, 0.05) is 62.5 Å². The molecule has 2 aliphatic heterocycles. The molecule has 0 N–H and O–H groups in total. The molecule has 3 aromatic rings. The van der Waals surface area contributed by atoms with Crippen LogP contribution in [-0.2, 0) is 16.1 Å². The summed E-state index contributed by atoms with van der Waals surface area (Å²) in [6.45, 7) is 3.69. The Morgan fingerprint density at radius 2 is 1.91 bits per heavy atom. The molecule has 9 heteroatoms. The summed E-state index contributed by atoms with van der Waals surface area (Å²) in [7, 11) is 3.33. The van der Waals surface area contributed by atoms with Gasteiger partial charge in [0.15, 0.2) is 0 Å². The zero-order valence-corrected chi connectivity index (χ0v) is 19.7. The van der Waals surface area contributed by atoms with Crippen LogP contribution in [0.4, 0.5) is 10.5 Å². The third-order valence-corrected chi connectivity index (χ3v) is 6.60. The number of carbonyl (C=O) groups excluding carboxylic acids is 2. The van der Waals surface area contributed by atoms with E-state index in [1.54, 1.807) is 4.90 Å². The van der Waals surface area contributed by atoms with Gasteiger partial charge in [0.25, 0.3) is 0 Å². The van der Waals surface area contributed by atoms with E-state index in [9.17, 15) is 9.59 Å². The van der Waals surface area contributed by atoms with Crippen LogP contribution in [0.1, 0.15) is 24.1 Å².